The van der Waals surface area contributed by atoms with Gasteiger partial charge in [0.2, 0.25) is 0 Å². The van der Waals surface area contributed by atoms with E-state index in [4.69, 9.17) is 9.47 Å². The van der Waals surface area contributed by atoms with Crippen LogP contribution in [-0.4, -0.2) is 52.4 Å². The monoisotopic (exact) mass is 385 g/mol. The predicted octanol–water partition coefficient (Wildman–Crippen LogP) is 2.35. The molecule has 0 aliphatic rings. The van der Waals surface area contributed by atoms with Crippen LogP contribution in [0.3, 0.4) is 0 Å². The van der Waals surface area contributed by atoms with E-state index in [1.54, 1.807) is 14.2 Å². The van der Waals surface area contributed by atoms with E-state index >= 15 is 0 Å². The van der Waals surface area contributed by atoms with Gasteiger partial charge in [-0.05, 0) is 30.7 Å². The summed E-state index contributed by atoms with van der Waals surface area (Å²) >= 11 is 0. The number of aryl methyl sites for hydroxylation is 1. The van der Waals surface area contributed by atoms with E-state index < -0.39 is 0 Å². The maximum atomic E-state index is 5.85. The smallest absolute Gasteiger partial charge is 0.191 e. The van der Waals surface area contributed by atoms with Gasteiger partial charge in [0.05, 0.1) is 18.8 Å². The molecule has 0 amide bonds. The molecule has 0 saturated heterocycles. The Morgan fingerprint density at radius 1 is 1.11 bits per heavy atom. The highest BCUT2D eigenvalue weighted by Crippen LogP contribution is 2.20. The predicted molar refractivity (Wildman–Crippen MR) is 114 cm³/mol. The first-order valence-corrected chi connectivity index (χ1v) is 9.32. The average Bonchev–Trinajstić information content (AvgIpc) is 2.69. The van der Waals surface area contributed by atoms with Crippen molar-refractivity contribution in [1.29, 1.82) is 0 Å². The molecule has 2 aromatic rings. The van der Waals surface area contributed by atoms with Crippen molar-refractivity contribution in [1.82, 2.24) is 15.6 Å². The highest BCUT2D eigenvalue weighted by Gasteiger charge is 2.07. The fourth-order valence-corrected chi connectivity index (χ4v) is 2.57. The molecule has 0 aliphatic carbocycles. The zero-order chi connectivity index (χ0) is 20.4. The number of pyridine rings is 1. The molecule has 0 spiro atoms. The molecular weight excluding hydrogens is 354 g/mol. The van der Waals surface area contributed by atoms with E-state index in [9.17, 15) is 0 Å². The zero-order valence-electron chi connectivity index (χ0n) is 17.5. The number of ether oxygens (including phenoxy) is 2. The van der Waals surface area contributed by atoms with Gasteiger partial charge >= 0.3 is 0 Å². The van der Waals surface area contributed by atoms with Gasteiger partial charge in [-0.1, -0.05) is 18.2 Å². The van der Waals surface area contributed by atoms with Crippen LogP contribution < -0.4 is 20.3 Å². The first kappa shape index (κ1) is 21.5. The quantitative estimate of drug-likeness (QED) is 0.392. The Labute approximate surface area is 167 Å². The van der Waals surface area contributed by atoms with Gasteiger partial charge in [0.25, 0.3) is 0 Å². The molecule has 1 aromatic carbocycles. The summed E-state index contributed by atoms with van der Waals surface area (Å²) in [4.78, 5) is 10.9. The summed E-state index contributed by atoms with van der Waals surface area (Å²) in [6, 6.07) is 12.2. The topological polar surface area (TPSA) is 71.0 Å². The lowest BCUT2D eigenvalue weighted by molar-refractivity contribution is 0.145. The number of guanidine groups is 1. The SMILES string of the molecule is CN=C(NCc1cccc(N(C)C)n1)NCc1ccc(C)cc1OCCOC. The molecule has 0 unspecified atom stereocenters. The van der Waals surface area contributed by atoms with Gasteiger partial charge in [0.1, 0.15) is 18.2 Å². The van der Waals surface area contributed by atoms with E-state index in [0.29, 0.717) is 32.3 Å². The van der Waals surface area contributed by atoms with Crippen LogP contribution >= 0.6 is 0 Å². The maximum absolute atomic E-state index is 5.85. The summed E-state index contributed by atoms with van der Waals surface area (Å²) in [6.45, 7) is 4.33. The number of hydrogen-bond donors (Lipinski definition) is 2. The highest BCUT2D eigenvalue weighted by molar-refractivity contribution is 5.79. The van der Waals surface area contributed by atoms with E-state index in [2.05, 4.69) is 39.7 Å². The lowest BCUT2D eigenvalue weighted by Crippen LogP contribution is -2.36. The summed E-state index contributed by atoms with van der Waals surface area (Å²) in [5.41, 5.74) is 3.18. The van der Waals surface area contributed by atoms with Crippen molar-refractivity contribution in [3.05, 3.63) is 53.2 Å². The first-order chi connectivity index (χ1) is 13.5. The van der Waals surface area contributed by atoms with Crippen molar-refractivity contribution in [3.8, 4) is 5.75 Å². The number of rotatable bonds is 9. The summed E-state index contributed by atoms with van der Waals surface area (Å²) < 4.78 is 10.9. The van der Waals surface area contributed by atoms with Gasteiger partial charge in [0.15, 0.2) is 5.96 Å². The molecule has 0 atom stereocenters. The Hall–Kier alpha value is -2.80. The molecule has 2 N–H and O–H groups in total. The Morgan fingerprint density at radius 2 is 1.89 bits per heavy atom. The number of aromatic nitrogens is 1. The number of nitrogens with one attached hydrogen (secondary N) is 2. The molecule has 0 bridgehead atoms. The summed E-state index contributed by atoms with van der Waals surface area (Å²) in [5, 5.41) is 6.64. The lowest BCUT2D eigenvalue weighted by atomic mass is 10.1. The van der Waals surface area contributed by atoms with Crippen LogP contribution in [0.15, 0.2) is 41.4 Å². The van der Waals surface area contributed by atoms with E-state index in [0.717, 1.165) is 28.4 Å². The fourth-order valence-electron chi connectivity index (χ4n) is 2.57. The molecule has 0 radical (unpaired) electrons. The van der Waals surface area contributed by atoms with Crippen LogP contribution in [0.2, 0.25) is 0 Å². The minimum atomic E-state index is 0.522. The van der Waals surface area contributed by atoms with Crippen LogP contribution in [0, 0.1) is 6.92 Å². The molecule has 0 saturated carbocycles. The number of aliphatic imine (C=N–C) groups is 1. The molecule has 152 valence electrons. The lowest BCUT2D eigenvalue weighted by Gasteiger charge is -2.16. The van der Waals surface area contributed by atoms with E-state index in [1.807, 2.05) is 43.3 Å². The van der Waals surface area contributed by atoms with E-state index in [-0.39, 0.29) is 0 Å². The second-order valence-electron chi connectivity index (χ2n) is 6.61. The van der Waals surface area contributed by atoms with Crippen molar-refractivity contribution in [3.63, 3.8) is 0 Å². The third-order valence-corrected chi connectivity index (χ3v) is 4.12. The van der Waals surface area contributed by atoms with Crippen molar-refractivity contribution in [2.45, 2.75) is 20.0 Å². The fraction of sp³-hybridized carbons (Fsp3) is 0.429. The zero-order valence-corrected chi connectivity index (χ0v) is 17.5. The average molecular weight is 386 g/mol. The molecular formula is C21H31N5O2. The number of anilines is 1. The normalized spacial score (nSPS) is 11.2. The maximum Gasteiger partial charge on any atom is 0.191 e. The highest BCUT2D eigenvalue weighted by atomic mass is 16.5. The number of methoxy groups -OCH3 is 1. The van der Waals surface area contributed by atoms with Gasteiger partial charge in [-0.25, -0.2) is 4.98 Å². The first-order valence-electron chi connectivity index (χ1n) is 9.32. The second-order valence-corrected chi connectivity index (χ2v) is 6.61. The number of hydrogen-bond acceptors (Lipinski definition) is 5. The van der Waals surface area contributed by atoms with Gasteiger partial charge in [-0.15, -0.1) is 0 Å². The summed E-state index contributed by atoms with van der Waals surface area (Å²) in [6.07, 6.45) is 0. The molecule has 28 heavy (non-hydrogen) atoms. The van der Waals surface area contributed by atoms with Gasteiger partial charge < -0.3 is 25.0 Å². The minimum Gasteiger partial charge on any atom is -0.491 e. The molecule has 1 heterocycles. The van der Waals surface area contributed by atoms with Crippen LogP contribution in [-0.2, 0) is 17.8 Å². The standard InChI is InChI=1S/C21H31N5O2/c1-16-9-10-17(19(13-16)28-12-11-27-5)14-23-21(22-2)24-15-18-7-6-8-20(25-18)26(3)4/h6-10,13H,11-12,14-15H2,1-5H3,(H2,22,23,24). The second kappa shape index (κ2) is 11.1. The van der Waals surface area contributed by atoms with E-state index in [1.165, 1.54) is 0 Å². The third kappa shape index (κ3) is 6.74. The largest absolute Gasteiger partial charge is 0.491 e. The number of benzene rings is 1. The minimum absolute atomic E-state index is 0.522. The molecule has 2 rings (SSSR count). The Balaban J connectivity index is 1.94. The van der Waals surface area contributed by atoms with Crippen molar-refractivity contribution in [2.75, 3.05) is 46.4 Å². The molecule has 7 nitrogen and oxygen atoms in total. The molecule has 7 heteroatoms. The molecule has 1 aromatic heterocycles. The third-order valence-electron chi connectivity index (χ3n) is 4.12. The summed E-state index contributed by atoms with van der Waals surface area (Å²) in [7, 11) is 7.38. The Kier molecular flexibility index (Phi) is 8.55. The Bertz CT molecular complexity index is 777. The van der Waals surface area contributed by atoms with Crippen LogP contribution in [0.1, 0.15) is 16.8 Å². The molecule has 0 fully saturated rings. The Morgan fingerprint density at radius 3 is 2.61 bits per heavy atom. The van der Waals surface area contributed by atoms with Crippen molar-refractivity contribution in [2.24, 2.45) is 4.99 Å². The van der Waals surface area contributed by atoms with Gasteiger partial charge in [-0.3, -0.25) is 4.99 Å². The molecule has 0 aliphatic heterocycles. The van der Waals surface area contributed by atoms with Gasteiger partial charge in [-0.2, -0.15) is 0 Å². The summed E-state index contributed by atoms with van der Waals surface area (Å²) in [5.74, 6) is 2.50. The van der Waals surface area contributed by atoms with Crippen molar-refractivity contribution >= 4 is 11.8 Å². The van der Waals surface area contributed by atoms with Crippen molar-refractivity contribution < 1.29 is 9.47 Å². The van der Waals surface area contributed by atoms with Gasteiger partial charge in [0, 0.05) is 40.4 Å². The number of nitrogens with zero attached hydrogens (tertiary/aromatic N) is 3. The van der Waals surface area contributed by atoms with Crippen LogP contribution in [0.4, 0.5) is 5.82 Å². The van der Waals surface area contributed by atoms with Crippen LogP contribution in [0.25, 0.3) is 0 Å². The van der Waals surface area contributed by atoms with Crippen LogP contribution in [0.5, 0.6) is 5.75 Å².